The first-order valence-electron chi connectivity index (χ1n) is 7.25. The molecule has 0 aromatic heterocycles. The van der Waals surface area contributed by atoms with Gasteiger partial charge in [0.15, 0.2) is 5.71 Å². The molecule has 0 unspecified atom stereocenters. The molecule has 0 amide bonds. The van der Waals surface area contributed by atoms with Crippen LogP contribution >= 0.6 is 0 Å². The van der Waals surface area contributed by atoms with Crippen molar-refractivity contribution in [2.45, 2.75) is 18.7 Å². The van der Waals surface area contributed by atoms with Gasteiger partial charge in [0.25, 0.3) is 0 Å². The number of hydrogen-bond donors (Lipinski definition) is 0. The molecule has 0 spiro atoms. The second kappa shape index (κ2) is 7.74. The summed E-state index contributed by atoms with van der Waals surface area (Å²) in [6.45, 7) is 3.61. The summed E-state index contributed by atoms with van der Waals surface area (Å²) >= 11 is 0. The molecule has 0 aliphatic heterocycles. The third-order valence-electron chi connectivity index (χ3n) is 3.05. The number of oxime groups is 1. The predicted octanol–water partition coefficient (Wildman–Crippen LogP) is 2.67. The number of benzene rings is 2. The van der Waals surface area contributed by atoms with Gasteiger partial charge in [-0.3, -0.25) is 4.28 Å². The third-order valence-corrected chi connectivity index (χ3v) is 4.17. The summed E-state index contributed by atoms with van der Waals surface area (Å²) in [7, 11) is -4.12. The Labute approximate surface area is 140 Å². The number of carbonyl (C=O) groups is 1. The maximum Gasteiger partial charge on any atom is 0.361 e. The molecule has 0 radical (unpaired) electrons. The number of hydrogen-bond acceptors (Lipinski definition) is 6. The lowest BCUT2D eigenvalue weighted by Gasteiger charge is -2.07. The van der Waals surface area contributed by atoms with E-state index >= 15 is 0 Å². The quantitative estimate of drug-likeness (QED) is 0.456. The zero-order valence-electron chi connectivity index (χ0n) is 13.3. The van der Waals surface area contributed by atoms with Crippen LogP contribution in [0.3, 0.4) is 0 Å². The number of aryl methyl sites for hydroxylation is 1. The molecule has 0 saturated heterocycles. The van der Waals surface area contributed by atoms with Crippen molar-refractivity contribution in [2.24, 2.45) is 5.16 Å². The molecule has 0 aliphatic carbocycles. The third kappa shape index (κ3) is 4.42. The smallest absolute Gasteiger partial charge is 0.361 e. The standard InChI is InChI=1S/C17H17NO5S/c1-3-22-17(19)16(14-7-5-4-6-8-14)18-23-24(20,21)15-11-9-13(2)10-12-15/h4-12H,3H2,1-2H3/b18-16+. The Morgan fingerprint density at radius 2 is 1.67 bits per heavy atom. The van der Waals surface area contributed by atoms with Gasteiger partial charge in [0.1, 0.15) is 4.90 Å². The molecule has 2 aromatic rings. The van der Waals surface area contributed by atoms with Gasteiger partial charge in [-0.1, -0.05) is 53.2 Å². The Morgan fingerprint density at radius 1 is 1.04 bits per heavy atom. The van der Waals surface area contributed by atoms with Gasteiger partial charge < -0.3 is 4.74 Å². The van der Waals surface area contributed by atoms with E-state index in [4.69, 9.17) is 9.02 Å². The average Bonchev–Trinajstić information content (AvgIpc) is 2.56. The Hall–Kier alpha value is -2.67. The molecule has 0 fully saturated rings. The van der Waals surface area contributed by atoms with E-state index in [1.54, 1.807) is 49.4 Å². The van der Waals surface area contributed by atoms with Crippen molar-refractivity contribution in [2.75, 3.05) is 6.61 Å². The van der Waals surface area contributed by atoms with Crippen molar-refractivity contribution in [3.8, 4) is 0 Å². The number of carbonyl (C=O) groups excluding carboxylic acids is 1. The fraction of sp³-hybridized carbons (Fsp3) is 0.176. The topological polar surface area (TPSA) is 82.0 Å². The minimum atomic E-state index is -4.12. The van der Waals surface area contributed by atoms with Crippen LogP contribution in [0.1, 0.15) is 18.1 Å². The molecule has 7 heteroatoms. The first kappa shape index (κ1) is 17.7. The summed E-state index contributed by atoms with van der Waals surface area (Å²) in [4.78, 5) is 12.0. The average molecular weight is 347 g/mol. The lowest BCUT2D eigenvalue weighted by molar-refractivity contribution is -0.135. The van der Waals surface area contributed by atoms with Gasteiger partial charge in [-0.05, 0) is 26.0 Å². The molecule has 2 aromatic carbocycles. The van der Waals surface area contributed by atoms with E-state index in [2.05, 4.69) is 5.16 Å². The summed E-state index contributed by atoms with van der Waals surface area (Å²) in [6.07, 6.45) is 0. The van der Waals surface area contributed by atoms with E-state index in [-0.39, 0.29) is 17.2 Å². The zero-order valence-corrected chi connectivity index (χ0v) is 14.1. The maximum absolute atomic E-state index is 12.2. The summed E-state index contributed by atoms with van der Waals surface area (Å²) in [5.74, 6) is -0.761. The second-order valence-electron chi connectivity index (χ2n) is 4.87. The molecule has 6 nitrogen and oxygen atoms in total. The Kier molecular flexibility index (Phi) is 5.70. The molecular weight excluding hydrogens is 330 g/mol. The molecule has 0 aliphatic rings. The summed E-state index contributed by atoms with van der Waals surface area (Å²) in [6, 6.07) is 14.5. The van der Waals surface area contributed by atoms with E-state index < -0.39 is 16.1 Å². The number of ether oxygens (including phenoxy) is 1. The highest BCUT2D eigenvalue weighted by atomic mass is 32.2. The highest BCUT2D eigenvalue weighted by molar-refractivity contribution is 7.86. The van der Waals surface area contributed by atoms with Gasteiger partial charge in [0.2, 0.25) is 0 Å². The molecule has 0 bridgehead atoms. The maximum atomic E-state index is 12.2. The minimum absolute atomic E-state index is 0.0480. The van der Waals surface area contributed by atoms with Crippen LogP contribution in [0.2, 0.25) is 0 Å². The lowest BCUT2D eigenvalue weighted by atomic mass is 10.1. The van der Waals surface area contributed by atoms with Crippen LogP contribution in [0.25, 0.3) is 0 Å². The predicted molar refractivity (Wildman–Crippen MR) is 89.1 cm³/mol. The fourth-order valence-electron chi connectivity index (χ4n) is 1.84. The van der Waals surface area contributed by atoms with E-state index in [1.165, 1.54) is 12.1 Å². The SMILES string of the molecule is CCOC(=O)/C(=N/OS(=O)(=O)c1ccc(C)cc1)c1ccccc1. The van der Waals surface area contributed by atoms with Gasteiger partial charge in [0.05, 0.1) is 6.61 Å². The van der Waals surface area contributed by atoms with Crippen LogP contribution < -0.4 is 0 Å². The van der Waals surface area contributed by atoms with Crippen LogP contribution in [-0.2, 0) is 23.9 Å². The van der Waals surface area contributed by atoms with E-state index in [1.807, 2.05) is 6.92 Å². The molecule has 2 rings (SSSR count). The molecule has 0 heterocycles. The highest BCUT2D eigenvalue weighted by Crippen LogP contribution is 2.14. The molecule has 24 heavy (non-hydrogen) atoms. The van der Waals surface area contributed by atoms with Crippen LogP contribution in [0.4, 0.5) is 0 Å². The summed E-state index contributed by atoms with van der Waals surface area (Å²) in [5.41, 5.74) is 1.09. The van der Waals surface area contributed by atoms with E-state index in [0.29, 0.717) is 5.56 Å². The Bertz CT molecular complexity index is 827. The fourth-order valence-corrected chi connectivity index (χ4v) is 2.57. The monoisotopic (exact) mass is 347 g/mol. The first-order valence-corrected chi connectivity index (χ1v) is 8.65. The van der Waals surface area contributed by atoms with Crippen molar-refractivity contribution in [1.82, 2.24) is 0 Å². The van der Waals surface area contributed by atoms with Crippen LogP contribution in [-0.4, -0.2) is 26.7 Å². The van der Waals surface area contributed by atoms with Crippen molar-refractivity contribution in [1.29, 1.82) is 0 Å². The Balaban J connectivity index is 2.33. The Morgan fingerprint density at radius 3 is 2.25 bits per heavy atom. The van der Waals surface area contributed by atoms with Crippen molar-refractivity contribution >= 4 is 21.8 Å². The van der Waals surface area contributed by atoms with Gasteiger partial charge in [0, 0.05) is 5.56 Å². The van der Waals surface area contributed by atoms with Crippen LogP contribution in [0.15, 0.2) is 64.6 Å². The largest absolute Gasteiger partial charge is 0.461 e. The first-order chi connectivity index (χ1) is 11.4. The van der Waals surface area contributed by atoms with Gasteiger partial charge >= 0.3 is 16.1 Å². The number of esters is 1. The van der Waals surface area contributed by atoms with Gasteiger partial charge in [-0.2, -0.15) is 8.42 Å². The van der Waals surface area contributed by atoms with E-state index in [9.17, 15) is 13.2 Å². The van der Waals surface area contributed by atoms with Crippen molar-refractivity contribution in [3.63, 3.8) is 0 Å². The highest BCUT2D eigenvalue weighted by Gasteiger charge is 2.20. The van der Waals surface area contributed by atoms with Gasteiger partial charge in [-0.15, -0.1) is 0 Å². The molecule has 0 saturated carbocycles. The summed E-state index contributed by atoms with van der Waals surface area (Å²) in [5, 5.41) is 3.54. The van der Waals surface area contributed by atoms with Crippen molar-refractivity contribution < 1.29 is 22.2 Å². The normalized spacial score (nSPS) is 11.8. The second-order valence-corrected chi connectivity index (χ2v) is 6.40. The molecule has 0 atom stereocenters. The zero-order chi connectivity index (χ0) is 17.6. The van der Waals surface area contributed by atoms with Gasteiger partial charge in [-0.25, -0.2) is 4.79 Å². The summed E-state index contributed by atoms with van der Waals surface area (Å²) < 4.78 is 34.0. The molecule has 126 valence electrons. The van der Waals surface area contributed by atoms with Crippen LogP contribution in [0, 0.1) is 6.92 Å². The van der Waals surface area contributed by atoms with E-state index in [0.717, 1.165) is 5.56 Å². The molecule has 0 N–H and O–H groups in total. The van der Waals surface area contributed by atoms with Crippen molar-refractivity contribution in [3.05, 3.63) is 65.7 Å². The van der Waals surface area contributed by atoms with Crippen LogP contribution in [0.5, 0.6) is 0 Å². The number of nitrogens with zero attached hydrogens (tertiary/aromatic N) is 1. The molecular formula is C17H17NO5S. The lowest BCUT2D eigenvalue weighted by Crippen LogP contribution is -2.20. The number of rotatable bonds is 6. The minimum Gasteiger partial charge on any atom is -0.461 e.